The Balaban J connectivity index is 2.62. The highest BCUT2D eigenvalue weighted by molar-refractivity contribution is 5.78. The van der Waals surface area contributed by atoms with E-state index in [1.165, 1.54) is 0 Å². The number of nitrogens with two attached hydrogens (primary N) is 1. The SMILES string of the molecule is C[C@@H](O)c1nc2ccc(N)cc2[nH]1. The summed E-state index contributed by atoms with van der Waals surface area (Å²) in [6.45, 7) is 1.67. The molecule has 2 aromatic rings. The number of fused-ring (bicyclic) bond motifs is 1. The number of anilines is 1. The first-order valence-corrected chi connectivity index (χ1v) is 4.10. The van der Waals surface area contributed by atoms with Crippen LogP contribution < -0.4 is 5.73 Å². The van der Waals surface area contributed by atoms with Crippen LogP contribution in [0.2, 0.25) is 0 Å². The van der Waals surface area contributed by atoms with Gasteiger partial charge in [-0.05, 0) is 25.1 Å². The molecule has 0 aliphatic heterocycles. The first kappa shape index (κ1) is 8.07. The van der Waals surface area contributed by atoms with Crippen LogP contribution in [-0.4, -0.2) is 15.1 Å². The monoisotopic (exact) mass is 177 g/mol. The van der Waals surface area contributed by atoms with Gasteiger partial charge in [-0.2, -0.15) is 0 Å². The molecule has 68 valence electrons. The van der Waals surface area contributed by atoms with E-state index < -0.39 is 6.10 Å². The number of aromatic amines is 1. The minimum atomic E-state index is -0.575. The molecule has 4 heteroatoms. The van der Waals surface area contributed by atoms with Crippen molar-refractivity contribution in [2.75, 3.05) is 5.73 Å². The molecule has 1 atom stereocenters. The van der Waals surface area contributed by atoms with Gasteiger partial charge >= 0.3 is 0 Å². The van der Waals surface area contributed by atoms with E-state index in [2.05, 4.69) is 9.97 Å². The second kappa shape index (κ2) is 2.74. The second-order valence-corrected chi connectivity index (χ2v) is 3.07. The van der Waals surface area contributed by atoms with Gasteiger partial charge in [0.2, 0.25) is 0 Å². The van der Waals surface area contributed by atoms with Gasteiger partial charge in [-0.1, -0.05) is 0 Å². The third-order valence-electron chi connectivity index (χ3n) is 1.92. The van der Waals surface area contributed by atoms with Crippen LogP contribution in [0.15, 0.2) is 18.2 Å². The molecule has 13 heavy (non-hydrogen) atoms. The number of nitrogens with zero attached hydrogens (tertiary/aromatic N) is 1. The van der Waals surface area contributed by atoms with Gasteiger partial charge in [-0.25, -0.2) is 4.98 Å². The molecule has 4 nitrogen and oxygen atoms in total. The number of nitrogen functional groups attached to an aromatic ring is 1. The van der Waals surface area contributed by atoms with Crippen LogP contribution in [0, 0.1) is 0 Å². The fraction of sp³-hybridized carbons (Fsp3) is 0.222. The van der Waals surface area contributed by atoms with Gasteiger partial charge in [0.05, 0.1) is 11.0 Å². The Kier molecular flexibility index (Phi) is 1.70. The number of aromatic nitrogens is 2. The van der Waals surface area contributed by atoms with E-state index in [4.69, 9.17) is 5.73 Å². The van der Waals surface area contributed by atoms with Crippen LogP contribution in [0.5, 0.6) is 0 Å². The van der Waals surface area contributed by atoms with Crippen molar-refractivity contribution in [3.63, 3.8) is 0 Å². The number of nitrogens with one attached hydrogen (secondary N) is 1. The average Bonchev–Trinajstić information content (AvgIpc) is 2.46. The summed E-state index contributed by atoms with van der Waals surface area (Å²) < 4.78 is 0. The lowest BCUT2D eigenvalue weighted by molar-refractivity contribution is 0.190. The summed E-state index contributed by atoms with van der Waals surface area (Å²) in [5, 5.41) is 9.27. The van der Waals surface area contributed by atoms with Gasteiger partial charge < -0.3 is 15.8 Å². The van der Waals surface area contributed by atoms with Crippen LogP contribution in [0.25, 0.3) is 11.0 Å². The number of hydrogen-bond donors (Lipinski definition) is 3. The predicted molar refractivity (Wildman–Crippen MR) is 51.1 cm³/mol. The maximum Gasteiger partial charge on any atom is 0.135 e. The number of rotatable bonds is 1. The van der Waals surface area contributed by atoms with Crippen LogP contribution in [0.3, 0.4) is 0 Å². The highest BCUT2D eigenvalue weighted by atomic mass is 16.3. The smallest absolute Gasteiger partial charge is 0.135 e. The Morgan fingerprint density at radius 3 is 3.00 bits per heavy atom. The maximum absolute atomic E-state index is 9.27. The highest BCUT2D eigenvalue weighted by Gasteiger charge is 2.06. The van der Waals surface area contributed by atoms with E-state index in [9.17, 15) is 5.11 Å². The molecule has 0 fully saturated rings. The summed E-state index contributed by atoms with van der Waals surface area (Å²) in [6, 6.07) is 5.41. The lowest BCUT2D eigenvalue weighted by atomic mass is 10.3. The first-order valence-electron chi connectivity index (χ1n) is 4.10. The van der Waals surface area contributed by atoms with Gasteiger partial charge in [0.15, 0.2) is 0 Å². The number of aliphatic hydroxyl groups excluding tert-OH is 1. The Bertz CT molecular complexity index is 433. The lowest BCUT2D eigenvalue weighted by Crippen LogP contribution is -1.92. The third kappa shape index (κ3) is 1.36. The fourth-order valence-electron chi connectivity index (χ4n) is 1.24. The molecule has 0 amide bonds. The molecule has 1 aromatic heterocycles. The molecule has 0 saturated heterocycles. The van der Waals surface area contributed by atoms with Crippen molar-refractivity contribution in [1.29, 1.82) is 0 Å². The van der Waals surface area contributed by atoms with Crippen molar-refractivity contribution in [3.05, 3.63) is 24.0 Å². The molecule has 4 N–H and O–H groups in total. The zero-order chi connectivity index (χ0) is 9.42. The topological polar surface area (TPSA) is 74.9 Å². The number of benzene rings is 1. The van der Waals surface area contributed by atoms with Crippen molar-refractivity contribution in [2.45, 2.75) is 13.0 Å². The van der Waals surface area contributed by atoms with Crippen molar-refractivity contribution in [3.8, 4) is 0 Å². The standard InChI is InChI=1S/C9H11N3O/c1-5(13)9-11-7-3-2-6(10)4-8(7)12-9/h2-5,13H,10H2,1H3,(H,11,12)/t5-/m1/s1. The summed E-state index contributed by atoms with van der Waals surface area (Å²) in [4.78, 5) is 7.19. The third-order valence-corrected chi connectivity index (χ3v) is 1.92. The molecule has 0 bridgehead atoms. The summed E-state index contributed by atoms with van der Waals surface area (Å²) in [7, 11) is 0. The highest BCUT2D eigenvalue weighted by Crippen LogP contribution is 2.17. The molecule has 0 aliphatic carbocycles. The Morgan fingerprint density at radius 1 is 1.54 bits per heavy atom. The zero-order valence-electron chi connectivity index (χ0n) is 7.28. The van der Waals surface area contributed by atoms with Gasteiger partial charge in [-0.15, -0.1) is 0 Å². The number of hydrogen-bond acceptors (Lipinski definition) is 3. The van der Waals surface area contributed by atoms with E-state index in [0.29, 0.717) is 11.5 Å². The normalized spacial score (nSPS) is 13.4. The molecule has 0 unspecified atom stereocenters. The van der Waals surface area contributed by atoms with Crippen LogP contribution in [0.4, 0.5) is 5.69 Å². The first-order chi connectivity index (χ1) is 6.16. The van der Waals surface area contributed by atoms with Gasteiger partial charge in [-0.3, -0.25) is 0 Å². The minimum Gasteiger partial charge on any atom is -0.399 e. The number of H-pyrrole nitrogens is 1. The molecule has 0 spiro atoms. The average molecular weight is 177 g/mol. The Labute approximate surface area is 75.4 Å². The number of imidazole rings is 1. The van der Waals surface area contributed by atoms with Gasteiger partial charge in [0.1, 0.15) is 11.9 Å². The van der Waals surface area contributed by atoms with E-state index in [-0.39, 0.29) is 0 Å². The molecule has 0 aliphatic rings. The van der Waals surface area contributed by atoms with E-state index in [1.807, 2.05) is 6.07 Å². The predicted octanol–water partition coefficient (Wildman–Crippen LogP) is 1.20. The fourth-order valence-corrected chi connectivity index (χ4v) is 1.24. The zero-order valence-corrected chi connectivity index (χ0v) is 7.28. The van der Waals surface area contributed by atoms with Crippen LogP contribution >= 0.6 is 0 Å². The molecular formula is C9H11N3O. The van der Waals surface area contributed by atoms with Crippen molar-refractivity contribution >= 4 is 16.7 Å². The van der Waals surface area contributed by atoms with E-state index in [0.717, 1.165) is 11.0 Å². The molecule has 0 radical (unpaired) electrons. The Hall–Kier alpha value is -1.55. The molecule has 2 rings (SSSR count). The van der Waals surface area contributed by atoms with Gasteiger partial charge in [0, 0.05) is 5.69 Å². The summed E-state index contributed by atoms with van der Waals surface area (Å²) in [5.74, 6) is 0.570. The molecule has 1 aromatic carbocycles. The van der Waals surface area contributed by atoms with Crippen LogP contribution in [0.1, 0.15) is 18.9 Å². The van der Waals surface area contributed by atoms with Crippen molar-refractivity contribution in [1.82, 2.24) is 9.97 Å². The van der Waals surface area contributed by atoms with Crippen molar-refractivity contribution < 1.29 is 5.11 Å². The van der Waals surface area contributed by atoms with Crippen molar-refractivity contribution in [2.24, 2.45) is 0 Å². The molecule has 0 saturated carbocycles. The maximum atomic E-state index is 9.27. The quantitative estimate of drug-likeness (QED) is 0.573. The molecule has 1 heterocycles. The summed E-state index contributed by atoms with van der Waals surface area (Å²) in [5.41, 5.74) is 7.97. The Morgan fingerprint density at radius 2 is 2.31 bits per heavy atom. The van der Waals surface area contributed by atoms with Gasteiger partial charge in [0.25, 0.3) is 0 Å². The van der Waals surface area contributed by atoms with E-state index >= 15 is 0 Å². The summed E-state index contributed by atoms with van der Waals surface area (Å²) in [6.07, 6.45) is -0.575. The summed E-state index contributed by atoms with van der Waals surface area (Å²) >= 11 is 0. The largest absolute Gasteiger partial charge is 0.399 e. The second-order valence-electron chi connectivity index (χ2n) is 3.07. The number of aliphatic hydroxyl groups is 1. The lowest BCUT2D eigenvalue weighted by Gasteiger charge is -1.95. The molecular weight excluding hydrogens is 166 g/mol. The minimum absolute atomic E-state index is 0.570. The van der Waals surface area contributed by atoms with E-state index in [1.54, 1.807) is 19.1 Å². The van der Waals surface area contributed by atoms with Crippen LogP contribution in [-0.2, 0) is 0 Å².